The maximum absolute atomic E-state index is 9.25. The molecule has 2 atom stereocenters. The van der Waals surface area contributed by atoms with Crippen LogP contribution in [-0.4, -0.2) is 35.7 Å². The molecule has 2 unspecified atom stereocenters. The van der Waals surface area contributed by atoms with Gasteiger partial charge in [-0.3, -0.25) is 0 Å². The van der Waals surface area contributed by atoms with Gasteiger partial charge in [0.1, 0.15) is 0 Å². The molecule has 1 fully saturated rings. The second-order valence-electron chi connectivity index (χ2n) is 3.27. The van der Waals surface area contributed by atoms with Crippen LogP contribution in [0.1, 0.15) is 26.2 Å². The highest BCUT2D eigenvalue weighted by molar-refractivity contribution is 4.81. The summed E-state index contributed by atoms with van der Waals surface area (Å²) < 4.78 is 0. The average Bonchev–Trinajstić information content (AvgIpc) is 2.13. The van der Waals surface area contributed by atoms with Crippen LogP contribution in [0, 0.1) is 0 Å². The summed E-state index contributed by atoms with van der Waals surface area (Å²) in [7, 11) is 2.09. The van der Waals surface area contributed by atoms with Gasteiger partial charge in [-0.05, 0) is 19.9 Å². The van der Waals surface area contributed by atoms with E-state index >= 15 is 0 Å². The van der Waals surface area contributed by atoms with Gasteiger partial charge in [0.05, 0.1) is 6.10 Å². The van der Waals surface area contributed by atoms with Crippen LogP contribution in [0.25, 0.3) is 0 Å². The third kappa shape index (κ3) is 1.70. The SMILES string of the molecule is CCCC1CC(O)CN1C. The standard InChI is InChI=1S/C8H17NO/c1-3-4-7-5-8(10)6-9(7)2/h7-8,10H,3-6H2,1-2H3. The van der Waals surface area contributed by atoms with E-state index in [4.69, 9.17) is 0 Å². The first-order valence-electron chi connectivity index (χ1n) is 4.12. The van der Waals surface area contributed by atoms with Gasteiger partial charge in [-0.2, -0.15) is 0 Å². The normalized spacial score (nSPS) is 35.1. The van der Waals surface area contributed by atoms with E-state index in [2.05, 4.69) is 18.9 Å². The van der Waals surface area contributed by atoms with Crippen molar-refractivity contribution in [3.8, 4) is 0 Å². The molecule has 1 aliphatic rings. The van der Waals surface area contributed by atoms with E-state index in [9.17, 15) is 5.11 Å². The Kier molecular flexibility index (Phi) is 2.69. The molecule has 0 aromatic heterocycles. The van der Waals surface area contributed by atoms with Crippen LogP contribution >= 0.6 is 0 Å². The number of rotatable bonds is 2. The lowest BCUT2D eigenvalue weighted by molar-refractivity contribution is 0.182. The van der Waals surface area contributed by atoms with E-state index in [1.807, 2.05) is 0 Å². The van der Waals surface area contributed by atoms with Gasteiger partial charge in [-0.25, -0.2) is 0 Å². The molecule has 10 heavy (non-hydrogen) atoms. The molecule has 1 N–H and O–H groups in total. The molecule has 2 heteroatoms. The Morgan fingerprint density at radius 2 is 2.30 bits per heavy atom. The third-order valence-corrected chi connectivity index (χ3v) is 2.29. The zero-order valence-corrected chi connectivity index (χ0v) is 6.88. The smallest absolute Gasteiger partial charge is 0.0682 e. The highest BCUT2D eigenvalue weighted by atomic mass is 16.3. The van der Waals surface area contributed by atoms with Gasteiger partial charge in [0.15, 0.2) is 0 Å². The fourth-order valence-corrected chi connectivity index (χ4v) is 1.72. The van der Waals surface area contributed by atoms with Crippen LogP contribution in [0.2, 0.25) is 0 Å². The number of β-amino-alcohol motifs (C(OH)–C–C–N with tert-alkyl or cyclic N) is 1. The van der Waals surface area contributed by atoms with Gasteiger partial charge in [0, 0.05) is 12.6 Å². The van der Waals surface area contributed by atoms with Crippen LogP contribution in [-0.2, 0) is 0 Å². The summed E-state index contributed by atoms with van der Waals surface area (Å²) in [5.74, 6) is 0. The van der Waals surface area contributed by atoms with E-state index in [1.54, 1.807) is 0 Å². The topological polar surface area (TPSA) is 23.5 Å². The molecule has 0 aromatic carbocycles. The minimum Gasteiger partial charge on any atom is -0.392 e. The van der Waals surface area contributed by atoms with Crippen LogP contribution < -0.4 is 0 Å². The van der Waals surface area contributed by atoms with Gasteiger partial charge < -0.3 is 10.0 Å². The molecule has 2 nitrogen and oxygen atoms in total. The summed E-state index contributed by atoms with van der Waals surface area (Å²) in [5.41, 5.74) is 0. The molecule has 1 aliphatic heterocycles. The van der Waals surface area contributed by atoms with Crippen LogP contribution in [0.5, 0.6) is 0 Å². The number of aliphatic hydroxyl groups excluding tert-OH is 1. The minimum atomic E-state index is -0.0680. The average molecular weight is 143 g/mol. The number of likely N-dealkylation sites (N-methyl/N-ethyl adjacent to an activating group) is 1. The first-order valence-corrected chi connectivity index (χ1v) is 4.12. The van der Waals surface area contributed by atoms with Crippen LogP contribution in [0.4, 0.5) is 0 Å². The highest BCUT2D eigenvalue weighted by Gasteiger charge is 2.26. The highest BCUT2D eigenvalue weighted by Crippen LogP contribution is 2.19. The summed E-state index contributed by atoms with van der Waals surface area (Å²) in [6.45, 7) is 3.06. The Balaban J connectivity index is 2.31. The zero-order chi connectivity index (χ0) is 7.56. The molecule has 1 heterocycles. The number of hydrogen-bond acceptors (Lipinski definition) is 2. The van der Waals surface area contributed by atoms with Gasteiger partial charge in [-0.1, -0.05) is 13.3 Å². The number of aliphatic hydroxyl groups is 1. The fraction of sp³-hybridized carbons (Fsp3) is 1.00. The van der Waals surface area contributed by atoms with Crippen LogP contribution in [0.3, 0.4) is 0 Å². The third-order valence-electron chi connectivity index (χ3n) is 2.29. The first-order chi connectivity index (χ1) is 4.74. The van der Waals surface area contributed by atoms with E-state index in [-0.39, 0.29) is 6.10 Å². The lowest BCUT2D eigenvalue weighted by atomic mass is 10.1. The van der Waals surface area contributed by atoms with E-state index in [1.165, 1.54) is 12.8 Å². The van der Waals surface area contributed by atoms with Crippen molar-refractivity contribution in [2.24, 2.45) is 0 Å². The fourth-order valence-electron chi connectivity index (χ4n) is 1.72. The zero-order valence-electron chi connectivity index (χ0n) is 6.88. The predicted octanol–water partition coefficient (Wildman–Crippen LogP) is 0.851. The van der Waals surface area contributed by atoms with Gasteiger partial charge >= 0.3 is 0 Å². The van der Waals surface area contributed by atoms with Crippen molar-refractivity contribution in [2.45, 2.75) is 38.3 Å². The number of nitrogens with zero attached hydrogens (tertiary/aromatic N) is 1. The van der Waals surface area contributed by atoms with Crippen molar-refractivity contribution >= 4 is 0 Å². The Morgan fingerprint density at radius 3 is 2.70 bits per heavy atom. The molecule has 1 saturated heterocycles. The quantitative estimate of drug-likeness (QED) is 0.619. The summed E-state index contributed by atoms with van der Waals surface area (Å²) in [5, 5.41) is 9.25. The summed E-state index contributed by atoms with van der Waals surface area (Å²) >= 11 is 0. The molecule has 0 aromatic rings. The lowest BCUT2D eigenvalue weighted by Crippen LogP contribution is -2.24. The summed E-state index contributed by atoms with van der Waals surface area (Å²) in [4.78, 5) is 2.26. The van der Waals surface area contributed by atoms with Crippen molar-refractivity contribution in [3.63, 3.8) is 0 Å². The van der Waals surface area contributed by atoms with Crippen LogP contribution in [0.15, 0.2) is 0 Å². The lowest BCUT2D eigenvalue weighted by Gasteiger charge is -2.17. The first kappa shape index (κ1) is 8.02. The molecule has 0 amide bonds. The predicted molar refractivity (Wildman–Crippen MR) is 41.9 cm³/mol. The van der Waals surface area contributed by atoms with Gasteiger partial charge in [0.2, 0.25) is 0 Å². The maximum atomic E-state index is 9.25. The van der Waals surface area contributed by atoms with Crippen molar-refractivity contribution in [3.05, 3.63) is 0 Å². The second-order valence-corrected chi connectivity index (χ2v) is 3.27. The Hall–Kier alpha value is -0.0800. The molecule has 60 valence electrons. The van der Waals surface area contributed by atoms with Crippen molar-refractivity contribution in [1.29, 1.82) is 0 Å². The molecule has 0 aliphatic carbocycles. The minimum absolute atomic E-state index is 0.0680. The summed E-state index contributed by atoms with van der Waals surface area (Å²) in [6.07, 6.45) is 3.36. The molecular formula is C8H17NO. The second kappa shape index (κ2) is 3.35. The Morgan fingerprint density at radius 1 is 1.60 bits per heavy atom. The van der Waals surface area contributed by atoms with Gasteiger partial charge in [-0.15, -0.1) is 0 Å². The van der Waals surface area contributed by atoms with Crippen molar-refractivity contribution < 1.29 is 5.11 Å². The molecular weight excluding hydrogens is 126 g/mol. The Labute approximate surface area is 62.8 Å². The largest absolute Gasteiger partial charge is 0.392 e. The van der Waals surface area contributed by atoms with E-state index in [0.717, 1.165) is 13.0 Å². The maximum Gasteiger partial charge on any atom is 0.0682 e. The molecule has 0 radical (unpaired) electrons. The number of hydrogen-bond donors (Lipinski definition) is 1. The Bertz CT molecular complexity index is 105. The van der Waals surface area contributed by atoms with Gasteiger partial charge in [0.25, 0.3) is 0 Å². The van der Waals surface area contributed by atoms with Crippen molar-refractivity contribution in [2.75, 3.05) is 13.6 Å². The monoisotopic (exact) mass is 143 g/mol. The molecule has 0 spiro atoms. The van der Waals surface area contributed by atoms with E-state index in [0.29, 0.717) is 6.04 Å². The van der Waals surface area contributed by atoms with E-state index < -0.39 is 0 Å². The van der Waals surface area contributed by atoms with Crippen molar-refractivity contribution in [1.82, 2.24) is 4.90 Å². The molecule has 0 bridgehead atoms. The molecule has 1 rings (SSSR count). The molecule has 0 saturated carbocycles. The summed E-state index contributed by atoms with van der Waals surface area (Å²) in [6, 6.07) is 0.639. The number of likely N-dealkylation sites (tertiary alicyclic amines) is 1.